The van der Waals surface area contributed by atoms with Crippen molar-refractivity contribution in [2.24, 2.45) is 0 Å². The van der Waals surface area contributed by atoms with E-state index in [-0.39, 0.29) is 24.5 Å². The van der Waals surface area contributed by atoms with Gasteiger partial charge in [-0.2, -0.15) is 0 Å². The van der Waals surface area contributed by atoms with E-state index in [1.54, 1.807) is 4.90 Å². The van der Waals surface area contributed by atoms with Crippen LogP contribution in [-0.4, -0.2) is 35.4 Å². The summed E-state index contributed by atoms with van der Waals surface area (Å²) in [6, 6.07) is 15.1. The van der Waals surface area contributed by atoms with Gasteiger partial charge in [0.1, 0.15) is 11.8 Å². The lowest BCUT2D eigenvalue weighted by Crippen LogP contribution is -2.51. The Morgan fingerprint density at radius 2 is 1.77 bits per heavy atom. The third kappa shape index (κ3) is 6.61. The zero-order valence-corrected chi connectivity index (χ0v) is 18.8. The summed E-state index contributed by atoms with van der Waals surface area (Å²) in [6.45, 7) is 10.1. The highest BCUT2D eigenvalue weighted by atomic mass is 16.5. The lowest BCUT2D eigenvalue weighted by molar-refractivity contribution is -0.143. The molecule has 0 saturated heterocycles. The van der Waals surface area contributed by atoms with Crippen LogP contribution in [-0.2, 0) is 16.1 Å². The number of para-hydroxylation sites is 1. The van der Waals surface area contributed by atoms with Crippen molar-refractivity contribution in [2.75, 3.05) is 6.61 Å². The van der Waals surface area contributed by atoms with Gasteiger partial charge in [-0.25, -0.2) is 0 Å². The van der Waals surface area contributed by atoms with Crippen LogP contribution in [0.4, 0.5) is 0 Å². The van der Waals surface area contributed by atoms with E-state index in [9.17, 15) is 9.59 Å². The highest BCUT2D eigenvalue weighted by Crippen LogP contribution is 2.18. The molecular formula is C25H34N2O3. The number of ether oxygens (including phenoxy) is 1. The predicted molar refractivity (Wildman–Crippen MR) is 120 cm³/mol. The second-order valence-electron chi connectivity index (χ2n) is 7.81. The fourth-order valence-corrected chi connectivity index (χ4v) is 3.31. The van der Waals surface area contributed by atoms with Gasteiger partial charge in [0.25, 0.3) is 5.91 Å². The molecule has 5 nitrogen and oxygen atoms in total. The number of carbonyl (C=O) groups is 2. The summed E-state index contributed by atoms with van der Waals surface area (Å²) in [7, 11) is 0. The first-order chi connectivity index (χ1) is 14.3. The van der Waals surface area contributed by atoms with E-state index in [1.165, 1.54) is 0 Å². The number of rotatable bonds is 10. The summed E-state index contributed by atoms with van der Waals surface area (Å²) < 4.78 is 5.79. The summed E-state index contributed by atoms with van der Waals surface area (Å²) in [5, 5.41) is 3.02. The predicted octanol–water partition coefficient (Wildman–Crippen LogP) is 4.40. The maximum atomic E-state index is 13.2. The van der Waals surface area contributed by atoms with Crippen molar-refractivity contribution in [3.8, 4) is 5.75 Å². The molecular weight excluding hydrogens is 376 g/mol. The molecule has 0 fully saturated rings. The third-order valence-electron chi connectivity index (χ3n) is 5.27. The van der Waals surface area contributed by atoms with Crippen LogP contribution in [0.25, 0.3) is 0 Å². The topological polar surface area (TPSA) is 58.6 Å². The molecule has 0 aromatic heterocycles. The Morgan fingerprint density at radius 3 is 2.40 bits per heavy atom. The summed E-state index contributed by atoms with van der Waals surface area (Å²) in [5.74, 6) is 0.355. The van der Waals surface area contributed by atoms with Crippen LogP contribution in [0.5, 0.6) is 5.75 Å². The molecule has 162 valence electrons. The third-order valence-corrected chi connectivity index (χ3v) is 5.27. The molecule has 30 heavy (non-hydrogen) atoms. The summed E-state index contributed by atoms with van der Waals surface area (Å²) in [4.78, 5) is 27.8. The van der Waals surface area contributed by atoms with Crippen molar-refractivity contribution in [1.29, 1.82) is 0 Å². The van der Waals surface area contributed by atoms with Crippen LogP contribution in [0.15, 0.2) is 48.5 Å². The fourth-order valence-electron chi connectivity index (χ4n) is 3.31. The Hall–Kier alpha value is -2.82. The highest BCUT2D eigenvalue weighted by Gasteiger charge is 2.29. The summed E-state index contributed by atoms with van der Waals surface area (Å²) >= 11 is 0. The van der Waals surface area contributed by atoms with E-state index in [0.29, 0.717) is 18.7 Å². The van der Waals surface area contributed by atoms with Gasteiger partial charge in [0.2, 0.25) is 5.91 Å². The van der Waals surface area contributed by atoms with Crippen LogP contribution in [0, 0.1) is 13.8 Å². The molecule has 5 heteroatoms. The molecule has 0 saturated carbocycles. The molecule has 0 aliphatic carbocycles. The minimum absolute atomic E-state index is 0.0608. The molecule has 2 aromatic carbocycles. The van der Waals surface area contributed by atoms with Crippen molar-refractivity contribution in [3.05, 3.63) is 65.2 Å². The van der Waals surface area contributed by atoms with Crippen LogP contribution < -0.4 is 10.1 Å². The molecule has 0 aliphatic heterocycles. The number of amides is 2. The smallest absolute Gasteiger partial charge is 0.261 e. The van der Waals surface area contributed by atoms with E-state index >= 15 is 0 Å². The number of hydrogen-bond acceptors (Lipinski definition) is 3. The zero-order chi connectivity index (χ0) is 22.1. The van der Waals surface area contributed by atoms with Gasteiger partial charge in [0, 0.05) is 12.6 Å². The Morgan fingerprint density at radius 1 is 1.03 bits per heavy atom. The first kappa shape index (κ1) is 23.5. The van der Waals surface area contributed by atoms with Crippen LogP contribution in [0.3, 0.4) is 0 Å². The van der Waals surface area contributed by atoms with Crippen LogP contribution in [0.1, 0.15) is 50.3 Å². The second-order valence-corrected chi connectivity index (χ2v) is 7.81. The average molecular weight is 411 g/mol. The summed E-state index contributed by atoms with van der Waals surface area (Å²) in [5.41, 5.74) is 3.08. The first-order valence-electron chi connectivity index (χ1n) is 10.7. The normalized spacial score (nSPS) is 12.7. The number of carbonyl (C=O) groups excluding carboxylic acids is 2. The molecule has 2 rings (SSSR count). The monoisotopic (exact) mass is 410 g/mol. The SMILES string of the molecule is CCC(C)NC(=O)C(CC)N(Cc1cccc(C)c1)C(=O)COc1ccccc1C. The Labute approximate surface area is 180 Å². The molecule has 0 bridgehead atoms. The van der Waals surface area contributed by atoms with Gasteiger partial charge in [-0.15, -0.1) is 0 Å². The Balaban J connectivity index is 2.23. The maximum absolute atomic E-state index is 13.2. The molecule has 2 unspecified atom stereocenters. The van der Waals surface area contributed by atoms with Gasteiger partial charge >= 0.3 is 0 Å². The van der Waals surface area contributed by atoms with Crippen molar-refractivity contribution in [1.82, 2.24) is 10.2 Å². The molecule has 0 aliphatic rings. The van der Waals surface area contributed by atoms with Crippen LogP contribution >= 0.6 is 0 Å². The largest absolute Gasteiger partial charge is 0.484 e. The quantitative estimate of drug-likeness (QED) is 0.631. The van der Waals surface area contributed by atoms with Crippen LogP contribution in [0.2, 0.25) is 0 Å². The first-order valence-corrected chi connectivity index (χ1v) is 10.7. The molecule has 0 heterocycles. The van der Waals surface area contributed by atoms with Gasteiger partial charge in [-0.3, -0.25) is 9.59 Å². The minimum Gasteiger partial charge on any atom is -0.484 e. The maximum Gasteiger partial charge on any atom is 0.261 e. The van der Waals surface area contributed by atoms with Crippen molar-refractivity contribution < 1.29 is 14.3 Å². The van der Waals surface area contributed by atoms with E-state index in [4.69, 9.17) is 4.74 Å². The summed E-state index contributed by atoms with van der Waals surface area (Å²) in [6.07, 6.45) is 1.37. The molecule has 0 radical (unpaired) electrons. The standard InChI is InChI=1S/C25H34N2O3/c1-6-20(5)26-25(29)22(7-2)27(16-21-13-10-11-18(3)15-21)24(28)17-30-23-14-9-8-12-19(23)4/h8-15,20,22H,6-7,16-17H2,1-5H3,(H,26,29). The van der Waals surface area contributed by atoms with E-state index < -0.39 is 6.04 Å². The molecule has 2 atom stereocenters. The number of nitrogens with zero attached hydrogens (tertiary/aromatic N) is 1. The molecule has 1 N–H and O–H groups in total. The van der Waals surface area contributed by atoms with E-state index in [0.717, 1.165) is 23.1 Å². The average Bonchev–Trinajstić information content (AvgIpc) is 2.72. The number of hydrogen-bond donors (Lipinski definition) is 1. The van der Waals surface area contributed by atoms with Gasteiger partial charge < -0.3 is 15.0 Å². The number of benzene rings is 2. The van der Waals surface area contributed by atoms with Crippen molar-refractivity contribution in [3.63, 3.8) is 0 Å². The van der Waals surface area contributed by atoms with Crippen molar-refractivity contribution in [2.45, 2.75) is 66.1 Å². The Bertz CT molecular complexity index is 850. The molecule has 0 spiro atoms. The van der Waals surface area contributed by atoms with Gasteiger partial charge in [-0.05, 0) is 50.8 Å². The Kier molecular flexibility index (Phi) is 8.90. The fraction of sp³-hybridized carbons (Fsp3) is 0.440. The molecule has 2 amide bonds. The lowest BCUT2D eigenvalue weighted by atomic mass is 10.1. The second kappa shape index (κ2) is 11.4. The highest BCUT2D eigenvalue weighted by molar-refractivity contribution is 5.88. The molecule has 2 aromatic rings. The van der Waals surface area contributed by atoms with E-state index in [1.807, 2.05) is 83.1 Å². The zero-order valence-electron chi connectivity index (χ0n) is 18.8. The van der Waals surface area contributed by atoms with Gasteiger partial charge in [0.15, 0.2) is 6.61 Å². The minimum atomic E-state index is -0.549. The van der Waals surface area contributed by atoms with Gasteiger partial charge in [0.05, 0.1) is 0 Å². The number of nitrogens with one attached hydrogen (secondary N) is 1. The lowest BCUT2D eigenvalue weighted by Gasteiger charge is -2.31. The van der Waals surface area contributed by atoms with Crippen molar-refractivity contribution >= 4 is 11.8 Å². The number of aryl methyl sites for hydroxylation is 2. The van der Waals surface area contributed by atoms with E-state index in [2.05, 4.69) is 5.32 Å². The van der Waals surface area contributed by atoms with Gasteiger partial charge in [-0.1, -0.05) is 61.9 Å².